The van der Waals surface area contributed by atoms with Crippen LogP contribution in [0.3, 0.4) is 0 Å². The van der Waals surface area contributed by atoms with E-state index in [9.17, 15) is 4.79 Å². The largest absolute Gasteiger partial charge is 0.288 e. The molecule has 0 atom stereocenters. The fraction of sp³-hybridized carbons (Fsp3) is 0.154. The first-order valence-electron chi connectivity index (χ1n) is 5.27. The van der Waals surface area contributed by atoms with Crippen molar-refractivity contribution < 1.29 is 4.79 Å². The predicted octanol–water partition coefficient (Wildman–Crippen LogP) is 2.92. The van der Waals surface area contributed by atoms with E-state index in [0.717, 1.165) is 16.7 Å². The van der Waals surface area contributed by atoms with Crippen LogP contribution in [0.15, 0.2) is 36.5 Å². The van der Waals surface area contributed by atoms with Gasteiger partial charge in [0, 0.05) is 12.7 Å². The highest BCUT2D eigenvalue weighted by molar-refractivity contribution is 8.13. The fourth-order valence-corrected chi connectivity index (χ4v) is 1.81. The highest BCUT2D eigenvalue weighted by atomic mass is 32.2. The van der Waals surface area contributed by atoms with Crippen molar-refractivity contribution in [3.05, 3.63) is 42.2 Å². The molecule has 4 heteroatoms. The first-order chi connectivity index (χ1) is 8.25. The van der Waals surface area contributed by atoms with Crippen LogP contribution in [0.25, 0.3) is 17.1 Å². The van der Waals surface area contributed by atoms with Crippen molar-refractivity contribution in [1.82, 2.24) is 9.97 Å². The summed E-state index contributed by atoms with van der Waals surface area (Å²) in [5.41, 5.74) is 2.59. The summed E-state index contributed by atoms with van der Waals surface area (Å²) in [6, 6.07) is 7.75. The highest BCUT2D eigenvalue weighted by Gasteiger charge is 1.95. The van der Waals surface area contributed by atoms with Gasteiger partial charge in [-0.1, -0.05) is 30.0 Å². The summed E-state index contributed by atoms with van der Waals surface area (Å²) >= 11 is 1.28. The maximum atomic E-state index is 10.7. The molecule has 0 amide bonds. The molecule has 0 radical (unpaired) electrons. The molecule has 1 aromatic heterocycles. The Kier molecular flexibility index (Phi) is 3.88. The molecule has 0 spiro atoms. The van der Waals surface area contributed by atoms with Gasteiger partial charge >= 0.3 is 0 Å². The zero-order valence-electron chi connectivity index (χ0n) is 9.46. The lowest BCUT2D eigenvalue weighted by molar-refractivity contribution is -0.109. The number of thioether (sulfide) groups is 1. The van der Waals surface area contributed by atoms with Crippen molar-refractivity contribution in [2.75, 3.05) is 5.75 Å². The average molecular weight is 244 g/mol. The van der Waals surface area contributed by atoms with Gasteiger partial charge in [0.15, 0.2) is 5.12 Å². The molecule has 1 aromatic carbocycles. The van der Waals surface area contributed by atoms with Crippen LogP contribution in [0, 0.1) is 0 Å². The summed E-state index contributed by atoms with van der Waals surface area (Å²) in [4.78, 5) is 19.5. The number of nitrogens with zero attached hydrogens (tertiary/aromatic N) is 2. The number of carbonyl (C=O) groups excluding carboxylic acids is 1. The van der Waals surface area contributed by atoms with Crippen molar-refractivity contribution in [3.63, 3.8) is 0 Å². The van der Waals surface area contributed by atoms with Gasteiger partial charge < -0.3 is 0 Å². The van der Waals surface area contributed by atoms with E-state index in [-0.39, 0.29) is 5.12 Å². The number of aromatic nitrogens is 2. The molecule has 0 aliphatic carbocycles. The zero-order valence-corrected chi connectivity index (χ0v) is 10.3. The predicted molar refractivity (Wildman–Crippen MR) is 71.7 cm³/mol. The number of rotatable bonds is 3. The van der Waals surface area contributed by atoms with E-state index in [1.54, 1.807) is 13.1 Å². The maximum absolute atomic E-state index is 10.7. The normalized spacial score (nSPS) is 11.1. The molecule has 2 aromatic rings. The smallest absolute Gasteiger partial charge is 0.186 e. The van der Waals surface area contributed by atoms with E-state index in [2.05, 4.69) is 9.97 Å². The Balaban J connectivity index is 2.11. The first-order valence-corrected chi connectivity index (χ1v) is 6.26. The van der Waals surface area contributed by atoms with E-state index >= 15 is 0 Å². The van der Waals surface area contributed by atoms with Crippen LogP contribution in [0.2, 0.25) is 0 Å². The second-order valence-electron chi connectivity index (χ2n) is 3.49. The molecular formula is C13H12N2OS. The topological polar surface area (TPSA) is 42.9 Å². The molecule has 0 aliphatic rings. The Morgan fingerprint density at radius 1 is 1.35 bits per heavy atom. The molecule has 0 N–H and O–H groups in total. The SMILES string of the molecule is CC(=O)SCC=Cc1cnc2ccccc2n1. The van der Waals surface area contributed by atoms with E-state index in [4.69, 9.17) is 0 Å². The zero-order chi connectivity index (χ0) is 12.1. The quantitative estimate of drug-likeness (QED) is 0.832. The minimum atomic E-state index is 0.124. The molecule has 86 valence electrons. The van der Waals surface area contributed by atoms with Crippen molar-refractivity contribution in [2.45, 2.75) is 6.92 Å². The molecule has 0 aliphatic heterocycles. The lowest BCUT2D eigenvalue weighted by atomic mass is 10.3. The molecule has 1 heterocycles. The molecule has 0 saturated carbocycles. The second kappa shape index (κ2) is 5.59. The molecule has 0 unspecified atom stereocenters. The van der Waals surface area contributed by atoms with Crippen LogP contribution < -0.4 is 0 Å². The lowest BCUT2D eigenvalue weighted by Gasteiger charge is -1.97. The van der Waals surface area contributed by atoms with Crippen LogP contribution in [-0.2, 0) is 4.79 Å². The molecular weight excluding hydrogens is 232 g/mol. The van der Waals surface area contributed by atoms with E-state index in [1.807, 2.05) is 36.4 Å². The molecule has 3 nitrogen and oxygen atoms in total. The lowest BCUT2D eigenvalue weighted by Crippen LogP contribution is -1.87. The number of benzene rings is 1. The summed E-state index contributed by atoms with van der Waals surface area (Å²) in [7, 11) is 0. The maximum Gasteiger partial charge on any atom is 0.186 e. The number of para-hydroxylation sites is 2. The van der Waals surface area contributed by atoms with E-state index < -0.39 is 0 Å². The molecule has 0 bridgehead atoms. The fourth-order valence-electron chi connectivity index (χ4n) is 1.39. The van der Waals surface area contributed by atoms with Gasteiger partial charge in [0.1, 0.15) is 0 Å². The Bertz CT molecular complexity index is 566. The first kappa shape index (κ1) is 11.8. The molecule has 2 rings (SSSR count). The van der Waals surface area contributed by atoms with E-state index in [0.29, 0.717) is 5.75 Å². The van der Waals surface area contributed by atoms with Crippen LogP contribution in [0.5, 0.6) is 0 Å². The van der Waals surface area contributed by atoms with Gasteiger partial charge in [-0.3, -0.25) is 9.78 Å². The van der Waals surface area contributed by atoms with Crippen LogP contribution >= 0.6 is 11.8 Å². The van der Waals surface area contributed by atoms with Crippen molar-refractivity contribution in [3.8, 4) is 0 Å². The third kappa shape index (κ3) is 3.39. The number of hydrogen-bond acceptors (Lipinski definition) is 4. The van der Waals surface area contributed by atoms with E-state index in [1.165, 1.54) is 11.8 Å². The number of hydrogen-bond donors (Lipinski definition) is 0. The van der Waals surface area contributed by atoms with Gasteiger partial charge in [-0.25, -0.2) is 4.98 Å². The highest BCUT2D eigenvalue weighted by Crippen LogP contribution is 2.10. The van der Waals surface area contributed by atoms with Gasteiger partial charge in [0.2, 0.25) is 0 Å². The van der Waals surface area contributed by atoms with Gasteiger partial charge in [0.05, 0.1) is 22.9 Å². The monoisotopic (exact) mass is 244 g/mol. The summed E-state index contributed by atoms with van der Waals surface area (Å²) in [5.74, 6) is 0.670. The molecule has 0 saturated heterocycles. The van der Waals surface area contributed by atoms with Gasteiger partial charge in [-0.05, 0) is 18.2 Å². The van der Waals surface area contributed by atoms with Crippen molar-refractivity contribution in [2.24, 2.45) is 0 Å². The summed E-state index contributed by atoms with van der Waals surface area (Å²) in [6.45, 7) is 1.56. The number of fused-ring (bicyclic) bond motifs is 1. The van der Waals surface area contributed by atoms with Crippen molar-refractivity contribution >= 4 is 34.0 Å². The van der Waals surface area contributed by atoms with Gasteiger partial charge in [-0.2, -0.15) is 0 Å². The minimum Gasteiger partial charge on any atom is -0.288 e. The standard InChI is InChI=1S/C13H12N2OS/c1-10(16)17-8-4-5-11-9-14-12-6-2-3-7-13(12)15-11/h2-7,9H,8H2,1H3. The Hall–Kier alpha value is -1.68. The Morgan fingerprint density at radius 3 is 2.88 bits per heavy atom. The third-order valence-corrected chi connectivity index (χ3v) is 2.90. The number of carbonyl (C=O) groups is 1. The van der Waals surface area contributed by atoms with Gasteiger partial charge in [0.25, 0.3) is 0 Å². The minimum absolute atomic E-state index is 0.124. The van der Waals surface area contributed by atoms with Gasteiger partial charge in [-0.15, -0.1) is 0 Å². The molecule has 0 fully saturated rings. The average Bonchev–Trinajstić information content (AvgIpc) is 2.34. The second-order valence-corrected chi connectivity index (χ2v) is 4.69. The van der Waals surface area contributed by atoms with Crippen LogP contribution in [0.1, 0.15) is 12.6 Å². The summed E-state index contributed by atoms with van der Waals surface area (Å²) in [6.07, 6.45) is 5.54. The summed E-state index contributed by atoms with van der Waals surface area (Å²) < 4.78 is 0. The van der Waals surface area contributed by atoms with Crippen LogP contribution in [-0.4, -0.2) is 20.8 Å². The summed E-state index contributed by atoms with van der Waals surface area (Å²) in [5, 5.41) is 0.124. The molecule has 17 heavy (non-hydrogen) atoms. The van der Waals surface area contributed by atoms with Crippen molar-refractivity contribution in [1.29, 1.82) is 0 Å². The Morgan fingerprint density at radius 2 is 2.12 bits per heavy atom. The third-order valence-electron chi connectivity index (χ3n) is 2.14. The van der Waals surface area contributed by atoms with Crippen LogP contribution in [0.4, 0.5) is 0 Å². The Labute approximate surface area is 104 Å².